The summed E-state index contributed by atoms with van der Waals surface area (Å²) in [6.45, 7) is 0. The van der Waals surface area contributed by atoms with Crippen molar-refractivity contribution in [2.24, 2.45) is 0 Å². The molecular formula is C7H6BrFO2. The van der Waals surface area contributed by atoms with Crippen molar-refractivity contribution in [1.82, 2.24) is 0 Å². The highest BCUT2D eigenvalue weighted by Crippen LogP contribution is 2.31. The van der Waals surface area contributed by atoms with E-state index in [1.165, 1.54) is 13.2 Å². The largest absolute Gasteiger partial charge is 0.508 e. The van der Waals surface area contributed by atoms with Gasteiger partial charge in [-0.2, -0.15) is 0 Å². The topological polar surface area (TPSA) is 29.5 Å². The number of hydrogen-bond donors (Lipinski definition) is 1. The van der Waals surface area contributed by atoms with Crippen LogP contribution >= 0.6 is 15.9 Å². The van der Waals surface area contributed by atoms with Gasteiger partial charge in [0.1, 0.15) is 5.75 Å². The number of phenolic OH excluding ortho intramolecular Hbond substituents is 1. The zero-order valence-electron chi connectivity index (χ0n) is 5.77. The molecule has 11 heavy (non-hydrogen) atoms. The van der Waals surface area contributed by atoms with Crippen LogP contribution in [0.4, 0.5) is 4.39 Å². The predicted molar refractivity (Wildman–Crippen MR) is 42.3 cm³/mol. The molecule has 0 aliphatic heterocycles. The van der Waals surface area contributed by atoms with Gasteiger partial charge >= 0.3 is 0 Å². The van der Waals surface area contributed by atoms with Gasteiger partial charge in [-0.05, 0) is 22.0 Å². The molecule has 0 saturated heterocycles. The van der Waals surface area contributed by atoms with Crippen LogP contribution in [-0.4, -0.2) is 12.2 Å². The van der Waals surface area contributed by atoms with Gasteiger partial charge in [0.2, 0.25) is 0 Å². The van der Waals surface area contributed by atoms with Crippen molar-refractivity contribution in [3.8, 4) is 11.5 Å². The van der Waals surface area contributed by atoms with Gasteiger partial charge in [0.25, 0.3) is 0 Å². The van der Waals surface area contributed by atoms with Crippen LogP contribution in [0.5, 0.6) is 11.5 Å². The molecular weight excluding hydrogens is 215 g/mol. The Labute approximate surface area is 71.7 Å². The second kappa shape index (κ2) is 3.09. The molecule has 0 saturated carbocycles. The number of methoxy groups -OCH3 is 1. The van der Waals surface area contributed by atoms with Crippen molar-refractivity contribution in [2.75, 3.05) is 7.11 Å². The SMILES string of the molecule is COc1c(F)cc(O)cc1Br. The van der Waals surface area contributed by atoms with Gasteiger partial charge in [0.05, 0.1) is 11.6 Å². The number of halogens is 2. The first kappa shape index (κ1) is 8.33. The van der Waals surface area contributed by atoms with Gasteiger partial charge in [0.15, 0.2) is 11.6 Å². The third kappa shape index (κ3) is 1.63. The lowest BCUT2D eigenvalue weighted by Gasteiger charge is -2.03. The predicted octanol–water partition coefficient (Wildman–Crippen LogP) is 2.30. The molecule has 4 heteroatoms. The molecule has 1 rings (SSSR count). The fraction of sp³-hybridized carbons (Fsp3) is 0.143. The highest BCUT2D eigenvalue weighted by molar-refractivity contribution is 9.10. The molecule has 1 aromatic carbocycles. The van der Waals surface area contributed by atoms with Gasteiger partial charge in [0, 0.05) is 6.07 Å². The molecule has 0 heterocycles. The molecule has 0 aliphatic carbocycles. The lowest BCUT2D eigenvalue weighted by molar-refractivity contribution is 0.379. The van der Waals surface area contributed by atoms with Gasteiger partial charge in [-0.3, -0.25) is 0 Å². The van der Waals surface area contributed by atoms with Crippen LogP contribution in [0.3, 0.4) is 0 Å². The summed E-state index contributed by atoms with van der Waals surface area (Å²) in [5, 5.41) is 8.89. The Morgan fingerprint density at radius 2 is 2.18 bits per heavy atom. The molecule has 0 radical (unpaired) electrons. The Balaban J connectivity index is 3.25. The summed E-state index contributed by atoms with van der Waals surface area (Å²) in [7, 11) is 1.36. The minimum Gasteiger partial charge on any atom is -0.508 e. The summed E-state index contributed by atoms with van der Waals surface area (Å²) in [5.41, 5.74) is 0. The van der Waals surface area contributed by atoms with Crippen molar-refractivity contribution in [2.45, 2.75) is 0 Å². The highest BCUT2D eigenvalue weighted by Gasteiger charge is 2.08. The normalized spacial score (nSPS) is 9.73. The van der Waals surface area contributed by atoms with E-state index in [4.69, 9.17) is 9.84 Å². The van der Waals surface area contributed by atoms with Crippen LogP contribution < -0.4 is 4.74 Å². The number of benzene rings is 1. The monoisotopic (exact) mass is 220 g/mol. The fourth-order valence-electron chi connectivity index (χ4n) is 0.742. The first-order valence-electron chi connectivity index (χ1n) is 2.87. The van der Waals surface area contributed by atoms with E-state index in [2.05, 4.69) is 15.9 Å². The second-order valence-corrected chi connectivity index (χ2v) is 2.80. The molecule has 0 atom stereocenters. The molecule has 0 bridgehead atoms. The fourth-order valence-corrected chi connectivity index (χ4v) is 1.33. The summed E-state index contributed by atoms with van der Waals surface area (Å²) in [4.78, 5) is 0. The van der Waals surface area contributed by atoms with Gasteiger partial charge < -0.3 is 9.84 Å². The third-order valence-corrected chi connectivity index (χ3v) is 1.78. The summed E-state index contributed by atoms with van der Waals surface area (Å²) >= 11 is 3.03. The number of phenols is 1. The molecule has 0 aromatic heterocycles. The van der Waals surface area contributed by atoms with E-state index >= 15 is 0 Å². The molecule has 0 amide bonds. The minimum absolute atomic E-state index is 0.0998. The average molecular weight is 221 g/mol. The van der Waals surface area contributed by atoms with Crippen LogP contribution in [-0.2, 0) is 0 Å². The Hall–Kier alpha value is -0.770. The molecule has 60 valence electrons. The quantitative estimate of drug-likeness (QED) is 0.788. The standard InChI is InChI=1S/C7H6BrFO2/c1-11-7-5(8)2-4(10)3-6(7)9/h2-3,10H,1H3. The Bertz CT molecular complexity index is 252. The maximum absolute atomic E-state index is 12.8. The summed E-state index contributed by atoms with van der Waals surface area (Å²) in [6.07, 6.45) is 0. The zero-order chi connectivity index (χ0) is 8.43. The van der Waals surface area contributed by atoms with Crippen LogP contribution in [0.2, 0.25) is 0 Å². The number of hydrogen-bond acceptors (Lipinski definition) is 2. The van der Waals surface area contributed by atoms with Crippen LogP contribution in [0.15, 0.2) is 16.6 Å². The smallest absolute Gasteiger partial charge is 0.169 e. The van der Waals surface area contributed by atoms with Crippen molar-refractivity contribution in [3.63, 3.8) is 0 Å². The summed E-state index contributed by atoms with van der Waals surface area (Å²) < 4.78 is 17.9. The minimum atomic E-state index is -0.584. The average Bonchev–Trinajstić information content (AvgIpc) is 1.85. The van der Waals surface area contributed by atoms with E-state index < -0.39 is 5.82 Å². The summed E-state index contributed by atoms with van der Waals surface area (Å²) in [6, 6.07) is 2.35. The zero-order valence-corrected chi connectivity index (χ0v) is 7.35. The summed E-state index contributed by atoms with van der Waals surface area (Å²) in [5.74, 6) is -0.614. The molecule has 1 aromatic rings. The third-order valence-electron chi connectivity index (χ3n) is 1.19. The molecule has 0 spiro atoms. The highest BCUT2D eigenvalue weighted by atomic mass is 79.9. The maximum atomic E-state index is 12.8. The molecule has 0 aliphatic rings. The van der Waals surface area contributed by atoms with E-state index in [9.17, 15) is 4.39 Å². The number of rotatable bonds is 1. The Morgan fingerprint density at radius 1 is 1.55 bits per heavy atom. The molecule has 0 unspecified atom stereocenters. The van der Waals surface area contributed by atoms with Crippen LogP contribution in [0, 0.1) is 5.82 Å². The maximum Gasteiger partial charge on any atom is 0.169 e. The number of aromatic hydroxyl groups is 1. The van der Waals surface area contributed by atoms with Crippen molar-refractivity contribution < 1.29 is 14.2 Å². The first-order chi connectivity index (χ1) is 5.15. The van der Waals surface area contributed by atoms with Crippen LogP contribution in [0.1, 0.15) is 0 Å². The van der Waals surface area contributed by atoms with E-state index in [-0.39, 0.29) is 11.5 Å². The van der Waals surface area contributed by atoms with Crippen LogP contribution in [0.25, 0.3) is 0 Å². The Kier molecular flexibility index (Phi) is 2.34. The Morgan fingerprint density at radius 3 is 2.64 bits per heavy atom. The second-order valence-electron chi connectivity index (χ2n) is 1.94. The molecule has 2 nitrogen and oxygen atoms in total. The lowest BCUT2D eigenvalue weighted by Crippen LogP contribution is -1.88. The van der Waals surface area contributed by atoms with E-state index in [1.807, 2.05) is 0 Å². The van der Waals surface area contributed by atoms with Crippen molar-refractivity contribution >= 4 is 15.9 Å². The van der Waals surface area contributed by atoms with E-state index in [0.717, 1.165) is 6.07 Å². The van der Waals surface area contributed by atoms with Gasteiger partial charge in [-0.25, -0.2) is 4.39 Å². The van der Waals surface area contributed by atoms with Gasteiger partial charge in [-0.1, -0.05) is 0 Å². The lowest BCUT2D eigenvalue weighted by atomic mass is 10.3. The van der Waals surface area contributed by atoms with E-state index in [1.54, 1.807) is 0 Å². The first-order valence-corrected chi connectivity index (χ1v) is 3.66. The number of ether oxygens (including phenoxy) is 1. The van der Waals surface area contributed by atoms with E-state index in [0.29, 0.717) is 4.47 Å². The van der Waals surface area contributed by atoms with Crippen molar-refractivity contribution in [3.05, 3.63) is 22.4 Å². The van der Waals surface area contributed by atoms with Gasteiger partial charge in [-0.15, -0.1) is 0 Å². The molecule has 1 N–H and O–H groups in total. The molecule has 0 fully saturated rings. The van der Waals surface area contributed by atoms with Crippen molar-refractivity contribution in [1.29, 1.82) is 0 Å².